The smallest absolute Gasteiger partial charge is 0.323 e. The molecular formula is C16H16FNO2. The highest BCUT2D eigenvalue weighted by atomic mass is 19.1. The Balaban J connectivity index is 1.84. The summed E-state index contributed by atoms with van der Waals surface area (Å²) >= 11 is 0. The van der Waals surface area contributed by atoms with Crippen LogP contribution in [0.2, 0.25) is 0 Å². The van der Waals surface area contributed by atoms with E-state index in [1.807, 2.05) is 30.3 Å². The number of carbonyl (C=O) groups excluding carboxylic acids is 1. The Bertz CT molecular complexity index is 554. The fraction of sp³-hybridized carbons (Fsp3) is 0.188. The largest absolute Gasteiger partial charge is 0.460 e. The lowest BCUT2D eigenvalue weighted by molar-refractivity contribution is -0.146. The average molecular weight is 273 g/mol. The maximum atomic E-state index is 12.8. The number of carbonyl (C=O) groups is 1. The molecule has 0 aliphatic carbocycles. The van der Waals surface area contributed by atoms with Gasteiger partial charge in [-0.2, -0.15) is 0 Å². The molecule has 4 heteroatoms. The van der Waals surface area contributed by atoms with Gasteiger partial charge < -0.3 is 10.5 Å². The van der Waals surface area contributed by atoms with E-state index >= 15 is 0 Å². The van der Waals surface area contributed by atoms with Gasteiger partial charge in [0.25, 0.3) is 0 Å². The zero-order valence-electron chi connectivity index (χ0n) is 11.0. The number of rotatable bonds is 5. The lowest BCUT2D eigenvalue weighted by atomic mass is 10.1. The first kappa shape index (κ1) is 14.2. The Morgan fingerprint density at radius 1 is 1.05 bits per heavy atom. The minimum atomic E-state index is -0.746. The third kappa shape index (κ3) is 4.17. The van der Waals surface area contributed by atoms with E-state index in [9.17, 15) is 9.18 Å². The van der Waals surface area contributed by atoms with Crippen molar-refractivity contribution in [1.82, 2.24) is 0 Å². The van der Waals surface area contributed by atoms with Gasteiger partial charge in [0.05, 0.1) is 0 Å². The standard InChI is InChI=1S/C16H16FNO2/c17-14-8-6-12(7-9-14)10-15(18)16(19)20-11-13-4-2-1-3-5-13/h1-9,15H,10-11,18H2/t15-/m0/s1. The lowest BCUT2D eigenvalue weighted by Crippen LogP contribution is -2.34. The number of halogens is 1. The molecule has 0 fully saturated rings. The van der Waals surface area contributed by atoms with Crippen molar-refractivity contribution >= 4 is 5.97 Å². The topological polar surface area (TPSA) is 52.3 Å². The van der Waals surface area contributed by atoms with Crippen LogP contribution in [0, 0.1) is 5.82 Å². The quantitative estimate of drug-likeness (QED) is 0.851. The van der Waals surface area contributed by atoms with Gasteiger partial charge in [-0.15, -0.1) is 0 Å². The molecule has 2 aromatic rings. The normalized spacial score (nSPS) is 11.9. The first-order valence-corrected chi connectivity index (χ1v) is 6.36. The van der Waals surface area contributed by atoms with E-state index in [0.29, 0.717) is 6.42 Å². The van der Waals surface area contributed by atoms with E-state index in [4.69, 9.17) is 10.5 Å². The summed E-state index contributed by atoms with van der Waals surface area (Å²) in [6.45, 7) is 0.205. The monoisotopic (exact) mass is 273 g/mol. The highest BCUT2D eigenvalue weighted by Crippen LogP contribution is 2.07. The van der Waals surface area contributed by atoms with Crippen LogP contribution in [0.4, 0.5) is 4.39 Å². The molecule has 0 saturated carbocycles. The van der Waals surface area contributed by atoms with Crippen molar-refractivity contribution in [2.45, 2.75) is 19.1 Å². The number of hydrogen-bond acceptors (Lipinski definition) is 3. The highest BCUT2D eigenvalue weighted by molar-refractivity contribution is 5.75. The summed E-state index contributed by atoms with van der Waals surface area (Å²) in [4.78, 5) is 11.8. The third-order valence-corrected chi connectivity index (χ3v) is 2.90. The van der Waals surface area contributed by atoms with Gasteiger partial charge >= 0.3 is 5.97 Å². The number of ether oxygens (including phenoxy) is 1. The van der Waals surface area contributed by atoms with Crippen molar-refractivity contribution < 1.29 is 13.9 Å². The second-order valence-electron chi connectivity index (χ2n) is 4.53. The van der Waals surface area contributed by atoms with Crippen LogP contribution in [0.25, 0.3) is 0 Å². The summed E-state index contributed by atoms with van der Waals surface area (Å²) < 4.78 is 17.9. The molecule has 104 valence electrons. The molecule has 20 heavy (non-hydrogen) atoms. The molecule has 1 atom stereocenters. The predicted octanol–water partition coefficient (Wildman–Crippen LogP) is 2.44. The Morgan fingerprint density at radius 2 is 1.70 bits per heavy atom. The molecule has 2 rings (SSSR count). The highest BCUT2D eigenvalue weighted by Gasteiger charge is 2.15. The maximum absolute atomic E-state index is 12.8. The molecule has 0 bridgehead atoms. The van der Waals surface area contributed by atoms with Gasteiger partial charge in [-0.1, -0.05) is 42.5 Å². The average Bonchev–Trinajstić information content (AvgIpc) is 2.48. The van der Waals surface area contributed by atoms with Crippen LogP contribution in [0.5, 0.6) is 0 Å². The Kier molecular flexibility index (Phi) is 4.85. The molecule has 2 N–H and O–H groups in total. The fourth-order valence-corrected chi connectivity index (χ4v) is 1.79. The molecule has 0 aliphatic heterocycles. The van der Waals surface area contributed by atoms with Crippen LogP contribution in [-0.4, -0.2) is 12.0 Å². The molecular weight excluding hydrogens is 257 g/mol. The molecule has 2 aromatic carbocycles. The number of esters is 1. The second kappa shape index (κ2) is 6.82. The van der Waals surface area contributed by atoms with Gasteiger partial charge in [0.2, 0.25) is 0 Å². The lowest BCUT2D eigenvalue weighted by Gasteiger charge is -2.11. The van der Waals surface area contributed by atoms with Gasteiger partial charge in [0.1, 0.15) is 18.5 Å². The summed E-state index contributed by atoms with van der Waals surface area (Å²) in [6.07, 6.45) is 0.327. The van der Waals surface area contributed by atoms with E-state index in [-0.39, 0.29) is 12.4 Å². The number of hydrogen-bond donors (Lipinski definition) is 1. The van der Waals surface area contributed by atoms with E-state index in [1.54, 1.807) is 12.1 Å². The van der Waals surface area contributed by atoms with E-state index in [1.165, 1.54) is 12.1 Å². The molecule has 0 aromatic heterocycles. The minimum absolute atomic E-state index is 0.205. The zero-order valence-corrected chi connectivity index (χ0v) is 11.0. The van der Waals surface area contributed by atoms with Gasteiger partial charge in [-0.3, -0.25) is 4.79 Å². The van der Waals surface area contributed by atoms with Crippen molar-refractivity contribution in [3.05, 3.63) is 71.5 Å². The molecule has 0 radical (unpaired) electrons. The Hall–Kier alpha value is -2.20. The SMILES string of the molecule is N[C@@H](Cc1ccc(F)cc1)C(=O)OCc1ccccc1. The first-order valence-electron chi connectivity index (χ1n) is 6.36. The van der Waals surface area contributed by atoms with Gasteiger partial charge in [0, 0.05) is 0 Å². The van der Waals surface area contributed by atoms with Crippen molar-refractivity contribution in [2.75, 3.05) is 0 Å². The fourth-order valence-electron chi connectivity index (χ4n) is 1.79. The molecule has 3 nitrogen and oxygen atoms in total. The minimum Gasteiger partial charge on any atom is -0.460 e. The predicted molar refractivity (Wildman–Crippen MR) is 74.3 cm³/mol. The van der Waals surface area contributed by atoms with Crippen molar-refractivity contribution in [1.29, 1.82) is 0 Å². The van der Waals surface area contributed by atoms with E-state index < -0.39 is 12.0 Å². The first-order chi connectivity index (χ1) is 9.65. The molecule has 0 saturated heterocycles. The summed E-state index contributed by atoms with van der Waals surface area (Å²) in [5.41, 5.74) is 7.50. The third-order valence-electron chi connectivity index (χ3n) is 2.90. The Labute approximate surface area is 117 Å². The van der Waals surface area contributed by atoms with Crippen LogP contribution in [-0.2, 0) is 22.6 Å². The summed E-state index contributed by atoms with van der Waals surface area (Å²) in [5, 5.41) is 0. The number of benzene rings is 2. The van der Waals surface area contributed by atoms with E-state index in [0.717, 1.165) is 11.1 Å². The van der Waals surface area contributed by atoms with Gasteiger partial charge in [0.15, 0.2) is 0 Å². The van der Waals surface area contributed by atoms with Crippen molar-refractivity contribution in [3.63, 3.8) is 0 Å². The van der Waals surface area contributed by atoms with Gasteiger partial charge in [-0.05, 0) is 29.7 Å². The summed E-state index contributed by atoms with van der Waals surface area (Å²) in [6, 6.07) is 14.6. The van der Waals surface area contributed by atoms with Crippen molar-refractivity contribution in [3.8, 4) is 0 Å². The van der Waals surface area contributed by atoms with Crippen LogP contribution < -0.4 is 5.73 Å². The van der Waals surface area contributed by atoms with E-state index in [2.05, 4.69) is 0 Å². The molecule has 0 amide bonds. The van der Waals surface area contributed by atoms with Crippen LogP contribution in [0.1, 0.15) is 11.1 Å². The van der Waals surface area contributed by atoms with Crippen LogP contribution in [0.3, 0.4) is 0 Å². The Morgan fingerprint density at radius 3 is 2.35 bits per heavy atom. The zero-order chi connectivity index (χ0) is 14.4. The molecule has 0 aliphatic rings. The molecule has 0 spiro atoms. The number of nitrogens with two attached hydrogens (primary N) is 1. The van der Waals surface area contributed by atoms with Crippen LogP contribution in [0.15, 0.2) is 54.6 Å². The molecule has 0 heterocycles. The van der Waals surface area contributed by atoms with Crippen LogP contribution >= 0.6 is 0 Å². The van der Waals surface area contributed by atoms with Gasteiger partial charge in [-0.25, -0.2) is 4.39 Å². The van der Waals surface area contributed by atoms with Crippen molar-refractivity contribution in [2.24, 2.45) is 5.73 Å². The molecule has 0 unspecified atom stereocenters. The summed E-state index contributed by atoms with van der Waals surface area (Å²) in [7, 11) is 0. The summed E-state index contributed by atoms with van der Waals surface area (Å²) in [5.74, 6) is -0.771. The second-order valence-corrected chi connectivity index (χ2v) is 4.53. The maximum Gasteiger partial charge on any atom is 0.323 e.